The van der Waals surface area contributed by atoms with E-state index in [9.17, 15) is 0 Å². The van der Waals surface area contributed by atoms with Gasteiger partial charge >= 0.3 is 0 Å². The fourth-order valence-electron chi connectivity index (χ4n) is 0.972. The van der Waals surface area contributed by atoms with E-state index >= 15 is 0 Å². The Balaban J connectivity index is 2.53. The van der Waals surface area contributed by atoms with Gasteiger partial charge in [-0.2, -0.15) is 0 Å². The van der Waals surface area contributed by atoms with Crippen molar-refractivity contribution < 1.29 is 10.2 Å². The van der Waals surface area contributed by atoms with E-state index in [0.29, 0.717) is 18.1 Å². The zero-order chi connectivity index (χ0) is 9.68. The van der Waals surface area contributed by atoms with Gasteiger partial charge in [-0.05, 0) is 17.7 Å². The molecule has 3 N–H and O–H groups in total. The molecule has 0 aliphatic heterocycles. The molecule has 1 rings (SSSR count). The minimum absolute atomic E-state index is 0.0903. The standard InChI is InChI=1S/C9H12ClNO2/c10-8-5-7(1-2-9(8)13)6-11-3-4-12/h1-2,5,11-13H,3-4,6H2. The molecule has 0 spiro atoms. The van der Waals surface area contributed by atoms with Crippen molar-refractivity contribution in [2.24, 2.45) is 0 Å². The minimum Gasteiger partial charge on any atom is -0.506 e. The van der Waals surface area contributed by atoms with E-state index in [1.165, 1.54) is 0 Å². The first-order valence-electron chi connectivity index (χ1n) is 4.03. The number of nitrogens with one attached hydrogen (secondary N) is 1. The van der Waals surface area contributed by atoms with Crippen LogP contribution < -0.4 is 5.32 Å². The number of rotatable bonds is 4. The first kappa shape index (κ1) is 10.3. The van der Waals surface area contributed by atoms with E-state index in [0.717, 1.165) is 5.56 Å². The Morgan fingerprint density at radius 3 is 2.77 bits per heavy atom. The van der Waals surface area contributed by atoms with Gasteiger partial charge in [0.15, 0.2) is 0 Å². The molecule has 0 saturated carbocycles. The summed E-state index contributed by atoms with van der Waals surface area (Å²) in [6, 6.07) is 5.03. The van der Waals surface area contributed by atoms with Crippen LogP contribution in [0.15, 0.2) is 18.2 Å². The molecule has 4 heteroatoms. The molecule has 0 fully saturated rings. The summed E-state index contributed by atoms with van der Waals surface area (Å²) in [6.07, 6.45) is 0. The predicted molar refractivity (Wildman–Crippen MR) is 51.9 cm³/mol. The van der Waals surface area contributed by atoms with Crippen LogP contribution in [0.5, 0.6) is 5.75 Å². The maximum Gasteiger partial charge on any atom is 0.134 e. The third-order valence-electron chi connectivity index (χ3n) is 1.63. The minimum atomic E-state index is 0.0903. The van der Waals surface area contributed by atoms with Crippen LogP contribution in [0.1, 0.15) is 5.56 Å². The number of halogens is 1. The summed E-state index contributed by atoms with van der Waals surface area (Å²) in [5.41, 5.74) is 0.983. The summed E-state index contributed by atoms with van der Waals surface area (Å²) in [4.78, 5) is 0. The third-order valence-corrected chi connectivity index (χ3v) is 1.93. The van der Waals surface area contributed by atoms with Crippen LogP contribution in [0.4, 0.5) is 0 Å². The molecule has 1 aromatic rings. The normalized spacial score (nSPS) is 10.3. The maximum absolute atomic E-state index is 9.12. The van der Waals surface area contributed by atoms with Gasteiger partial charge in [0.25, 0.3) is 0 Å². The van der Waals surface area contributed by atoms with E-state index in [-0.39, 0.29) is 12.4 Å². The van der Waals surface area contributed by atoms with Gasteiger partial charge in [-0.25, -0.2) is 0 Å². The number of aliphatic hydroxyl groups excluding tert-OH is 1. The average molecular weight is 202 g/mol. The van der Waals surface area contributed by atoms with Gasteiger partial charge < -0.3 is 15.5 Å². The lowest BCUT2D eigenvalue weighted by Crippen LogP contribution is -2.17. The summed E-state index contributed by atoms with van der Waals surface area (Å²) < 4.78 is 0. The molecule has 0 aliphatic rings. The van der Waals surface area contributed by atoms with Crippen molar-refractivity contribution >= 4 is 11.6 Å². The van der Waals surface area contributed by atoms with Crippen LogP contribution in [0.2, 0.25) is 5.02 Å². The van der Waals surface area contributed by atoms with Crippen LogP contribution in [0, 0.1) is 0 Å². The predicted octanol–water partition coefficient (Wildman–Crippen LogP) is 1.13. The molecule has 0 saturated heterocycles. The fourth-order valence-corrected chi connectivity index (χ4v) is 1.18. The summed E-state index contributed by atoms with van der Waals surface area (Å²) in [5.74, 6) is 0.0903. The Kier molecular flexibility index (Phi) is 4.02. The average Bonchev–Trinajstić information content (AvgIpc) is 2.12. The van der Waals surface area contributed by atoms with E-state index in [1.54, 1.807) is 18.2 Å². The Hall–Kier alpha value is -0.770. The molecule has 1 aromatic carbocycles. The SMILES string of the molecule is OCCNCc1ccc(O)c(Cl)c1. The van der Waals surface area contributed by atoms with Crippen LogP contribution in [-0.2, 0) is 6.54 Å². The molecule has 0 radical (unpaired) electrons. The Labute approximate surface area is 82.0 Å². The second-order valence-electron chi connectivity index (χ2n) is 2.69. The topological polar surface area (TPSA) is 52.5 Å². The molecule has 3 nitrogen and oxygen atoms in total. The molecule has 0 aliphatic carbocycles. The van der Waals surface area contributed by atoms with Gasteiger partial charge in [-0.1, -0.05) is 17.7 Å². The monoisotopic (exact) mass is 201 g/mol. The molecule has 0 heterocycles. The number of phenolic OH excluding ortho intramolecular Hbond substituents is 1. The first-order valence-corrected chi connectivity index (χ1v) is 4.41. The lowest BCUT2D eigenvalue weighted by molar-refractivity contribution is 0.292. The van der Waals surface area contributed by atoms with Crippen molar-refractivity contribution in [1.29, 1.82) is 0 Å². The van der Waals surface area contributed by atoms with Gasteiger partial charge in [0.2, 0.25) is 0 Å². The van der Waals surface area contributed by atoms with Gasteiger partial charge in [0, 0.05) is 13.1 Å². The molecule has 72 valence electrons. The molecular formula is C9H12ClNO2. The number of aliphatic hydroxyl groups is 1. The molecule has 0 aromatic heterocycles. The van der Waals surface area contributed by atoms with Gasteiger partial charge in [0.05, 0.1) is 11.6 Å². The summed E-state index contributed by atoms with van der Waals surface area (Å²) in [5, 5.41) is 21.0. The van der Waals surface area contributed by atoms with Crippen molar-refractivity contribution in [3.8, 4) is 5.75 Å². The lowest BCUT2D eigenvalue weighted by Gasteiger charge is -2.04. The first-order chi connectivity index (χ1) is 6.24. The lowest BCUT2D eigenvalue weighted by atomic mass is 10.2. The van der Waals surface area contributed by atoms with E-state index < -0.39 is 0 Å². The van der Waals surface area contributed by atoms with Crippen molar-refractivity contribution in [2.45, 2.75) is 6.54 Å². The number of benzene rings is 1. The molecule has 0 amide bonds. The van der Waals surface area contributed by atoms with Gasteiger partial charge in [-0.15, -0.1) is 0 Å². The summed E-state index contributed by atoms with van der Waals surface area (Å²) in [6.45, 7) is 1.31. The fraction of sp³-hybridized carbons (Fsp3) is 0.333. The highest BCUT2D eigenvalue weighted by molar-refractivity contribution is 6.32. The second-order valence-corrected chi connectivity index (χ2v) is 3.09. The Bertz CT molecular complexity index is 278. The molecule has 13 heavy (non-hydrogen) atoms. The van der Waals surface area contributed by atoms with Crippen molar-refractivity contribution in [1.82, 2.24) is 5.32 Å². The van der Waals surface area contributed by atoms with Crippen molar-refractivity contribution in [3.05, 3.63) is 28.8 Å². The zero-order valence-electron chi connectivity index (χ0n) is 7.13. The highest BCUT2D eigenvalue weighted by Crippen LogP contribution is 2.23. The largest absolute Gasteiger partial charge is 0.506 e. The van der Waals surface area contributed by atoms with Crippen molar-refractivity contribution in [2.75, 3.05) is 13.2 Å². The zero-order valence-corrected chi connectivity index (χ0v) is 7.88. The highest BCUT2D eigenvalue weighted by atomic mass is 35.5. The Morgan fingerprint density at radius 1 is 1.38 bits per heavy atom. The molecule has 0 atom stereocenters. The maximum atomic E-state index is 9.12. The summed E-state index contributed by atoms with van der Waals surface area (Å²) >= 11 is 5.70. The van der Waals surface area contributed by atoms with Crippen molar-refractivity contribution in [3.63, 3.8) is 0 Å². The number of hydrogen-bond acceptors (Lipinski definition) is 3. The van der Waals surface area contributed by atoms with Crippen LogP contribution in [0.3, 0.4) is 0 Å². The van der Waals surface area contributed by atoms with E-state index in [4.69, 9.17) is 21.8 Å². The summed E-state index contributed by atoms with van der Waals surface area (Å²) in [7, 11) is 0. The van der Waals surface area contributed by atoms with E-state index in [1.807, 2.05) is 0 Å². The highest BCUT2D eigenvalue weighted by Gasteiger charge is 1.98. The smallest absolute Gasteiger partial charge is 0.134 e. The van der Waals surface area contributed by atoms with Crippen LogP contribution in [0.25, 0.3) is 0 Å². The molecule has 0 unspecified atom stereocenters. The molecular weight excluding hydrogens is 190 g/mol. The van der Waals surface area contributed by atoms with E-state index in [2.05, 4.69) is 5.32 Å². The van der Waals surface area contributed by atoms with Gasteiger partial charge in [0.1, 0.15) is 5.75 Å². The van der Waals surface area contributed by atoms with Gasteiger partial charge in [-0.3, -0.25) is 0 Å². The quantitative estimate of drug-likeness (QED) is 0.641. The second kappa shape index (κ2) is 5.07. The number of aromatic hydroxyl groups is 1. The Morgan fingerprint density at radius 2 is 2.15 bits per heavy atom. The van der Waals surface area contributed by atoms with Crippen LogP contribution >= 0.6 is 11.6 Å². The number of hydrogen-bond donors (Lipinski definition) is 3. The number of phenols is 1. The third kappa shape index (κ3) is 3.22. The van der Waals surface area contributed by atoms with Crippen LogP contribution in [-0.4, -0.2) is 23.4 Å². The molecule has 0 bridgehead atoms.